The fourth-order valence-electron chi connectivity index (χ4n) is 4.91. The van der Waals surface area contributed by atoms with Crippen LogP contribution in [0.3, 0.4) is 0 Å². The summed E-state index contributed by atoms with van der Waals surface area (Å²) in [5, 5.41) is 0. The predicted molar refractivity (Wildman–Crippen MR) is 138 cm³/mol. The van der Waals surface area contributed by atoms with Crippen LogP contribution >= 0.6 is 0 Å². The van der Waals surface area contributed by atoms with E-state index < -0.39 is 5.97 Å². The van der Waals surface area contributed by atoms with Crippen molar-refractivity contribution in [3.05, 3.63) is 71.8 Å². The Morgan fingerprint density at radius 3 is 2.18 bits per heavy atom. The number of hydrogen-bond acceptors (Lipinski definition) is 3. The molecule has 178 valence electrons. The van der Waals surface area contributed by atoms with Gasteiger partial charge in [-0.3, -0.25) is 0 Å². The van der Waals surface area contributed by atoms with Crippen LogP contribution in [0, 0.1) is 5.92 Å². The van der Waals surface area contributed by atoms with Gasteiger partial charge in [0.25, 0.3) is 0 Å². The van der Waals surface area contributed by atoms with Crippen molar-refractivity contribution in [2.45, 2.75) is 77.0 Å². The first-order valence-electron chi connectivity index (χ1n) is 12.8. The normalized spacial score (nSPS) is 18.1. The minimum atomic E-state index is -0.392. The third-order valence-corrected chi connectivity index (χ3v) is 7.11. The van der Waals surface area contributed by atoms with Crippen LogP contribution in [0.5, 0.6) is 0 Å². The van der Waals surface area contributed by atoms with Crippen molar-refractivity contribution in [2.24, 2.45) is 11.7 Å². The number of unbranched alkanes of at least 4 members (excludes halogenated alkanes) is 2. The monoisotopic (exact) mass is 447 g/mol. The number of nitrogens with two attached hydrogens (primary N) is 1. The topological polar surface area (TPSA) is 52.3 Å². The molecule has 0 aromatic heterocycles. The van der Waals surface area contributed by atoms with Gasteiger partial charge >= 0.3 is 5.97 Å². The Bertz CT molecular complexity index is 861. The lowest BCUT2D eigenvalue weighted by atomic mass is 9.77. The van der Waals surface area contributed by atoms with Crippen LogP contribution in [0.25, 0.3) is 11.1 Å². The lowest BCUT2D eigenvalue weighted by Crippen LogP contribution is -2.15. The van der Waals surface area contributed by atoms with Gasteiger partial charge < -0.3 is 10.5 Å². The maximum atomic E-state index is 11.6. The van der Waals surface area contributed by atoms with Gasteiger partial charge in [0.2, 0.25) is 0 Å². The first-order chi connectivity index (χ1) is 16.1. The predicted octanol–water partition coefficient (Wildman–Crippen LogP) is 7.20. The Morgan fingerprint density at radius 2 is 1.58 bits per heavy atom. The van der Waals surface area contributed by atoms with Crippen LogP contribution in [-0.2, 0) is 16.0 Å². The Balaban J connectivity index is 1.44. The number of carbonyl (C=O) groups is 1. The molecule has 0 unspecified atom stereocenters. The largest absolute Gasteiger partial charge is 0.462 e. The third-order valence-electron chi connectivity index (χ3n) is 7.11. The van der Waals surface area contributed by atoms with Crippen molar-refractivity contribution < 1.29 is 9.53 Å². The van der Waals surface area contributed by atoms with Crippen molar-refractivity contribution in [1.29, 1.82) is 0 Å². The van der Waals surface area contributed by atoms with Crippen molar-refractivity contribution in [2.75, 3.05) is 13.2 Å². The molecular weight excluding hydrogens is 406 g/mol. The van der Waals surface area contributed by atoms with E-state index in [1.807, 2.05) is 0 Å². The minimum absolute atomic E-state index is 0.140. The highest BCUT2D eigenvalue weighted by Crippen LogP contribution is 2.38. The SMILES string of the molecule is C=C(CN)C(=O)OCCCc1ccc(-c2ccc(C3CCC(CCCCC)CC3)cc2)cc1. The van der Waals surface area contributed by atoms with Crippen molar-refractivity contribution >= 4 is 5.97 Å². The average Bonchev–Trinajstić information content (AvgIpc) is 2.87. The first kappa shape index (κ1) is 25.2. The molecule has 0 atom stereocenters. The number of carbonyl (C=O) groups excluding carboxylic acids is 1. The van der Waals surface area contributed by atoms with E-state index in [0.717, 1.165) is 24.7 Å². The Morgan fingerprint density at radius 1 is 0.939 bits per heavy atom. The van der Waals surface area contributed by atoms with Crippen LogP contribution in [0.1, 0.15) is 81.8 Å². The minimum Gasteiger partial charge on any atom is -0.462 e. The number of aryl methyl sites for hydroxylation is 1. The molecule has 0 bridgehead atoms. The van der Waals surface area contributed by atoms with Gasteiger partial charge in [-0.05, 0) is 72.6 Å². The van der Waals surface area contributed by atoms with Gasteiger partial charge in [-0.1, -0.05) is 87.7 Å². The summed E-state index contributed by atoms with van der Waals surface area (Å²) in [6, 6.07) is 18.0. The van der Waals surface area contributed by atoms with Gasteiger partial charge in [0, 0.05) is 12.1 Å². The molecule has 2 aromatic rings. The second-order valence-electron chi connectivity index (χ2n) is 9.58. The van der Waals surface area contributed by atoms with E-state index in [-0.39, 0.29) is 6.54 Å². The summed E-state index contributed by atoms with van der Waals surface area (Å²) in [5.41, 5.74) is 11.0. The molecule has 3 heteroatoms. The molecule has 0 spiro atoms. The van der Waals surface area contributed by atoms with Gasteiger partial charge in [-0.2, -0.15) is 0 Å². The molecule has 0 heterocycles. The molecule has 0 aliphatic heterocycles. The quantitative estimate of drug-likeness (QED) is 0.213. The number of esters is 1. The smallest absolute Gasteiger partial charge is 0.334 e. The Hall–Kier alpha value is -2.39. The van der Waals surface area contributed by atoms with Crippen LogP contribution < -0.4 is 5.73 Å². The Kier molecular flexibility index (Phi) is 10.2. The first-order valence-corrected chi connectivity index (χ1v) is 12.8. The highest BCUT2D eigenvalue weighted by atomic mass is 16.5. The Labute approximate surface area is 200 Å². The number of rotatable bonds is 12. The maximum Gasteiger partial charge on any atom is 0.334 e. The van der Waals surface area contributed by atoms with Crippen LogP contribution in [0.4, 0.5) is 0 Å². The van der Waals surface area contributed by atoms with Gasteiger partial charge in [0.05, 0.1) is 6.61 Å². The second-order valence-corrected chi connectivity index (χ2v) is 9.58. The lowest BCUT2D eigenvalue weighted by molar-refractivity contribution is -0.139. The zero-order valence-electron chi connectivity index (χ0n) is 20.4. The standard InChI is InChI=1S/C30H41NO2/c1-3-4-5-7-24-9-13-26(14-10-24)28-17-19-29(20-18-28)27-15-11-25(12-16-27)8-6-21-33-30(32)23(2)22-31/h11-12,15-20,24,26H,2-10,13-14,21-22,31H2,1H3. The molecule has 1 fully saturated rings. The molecule has 3 rings (SSSR count). The molecule has 1 aliphatic carbocycles. The third kappa shape index (κ3) is 7.85. The van der Waals surface area contributed by atoms with Crippen LogP contribution in [0.2, 0.25) is 0 Å². The molecular formula is C30H41NO2. The summed E-state index contributed by atoms with van der Waals surface area (Å²) in [6.07, 6.45) is 12.7. The van der Waals surface area contributed by atoms with Crippen LogP contribution in [-0.4, -0.2) is 19.1 Å². The molecule has 33 heavy (non-hydrogen) atoms. The highest BCUT2D eigenvalue weighted by molar-refractivity contribution is 5.88. The zero-order chi connectivity index (χ0) is 23.5. The van der Waals surface area contributed by atoms with E-state index in [0.29, 0.717) is 12.2 Å². The molecule has 2 aromatic carbocycles. The number of ether oxygens (including phenoxy) is 1. The molecule has 0 radical (unpaired) electrons. The van der Waals surface area contributed by atoms with Crippen molar-refractivity contribution in [3.63, 3.8) is 0 Å². The van der Waals surface area contributed by atoms with E-state index in [1.165, 1.54) is 73.6 Å². The highest BCUT2D eigenvalue weighted by Gasteiger charge is 2.22. The molecule has 0 amide bonds. The molecule has 3 nitrogen and oxygen atoms in total. The molecule has 1 aliphatic rings. The van der Waals surface area contributed by atoms with Crippen molar-refractivity contribution in [1.82, 2.24) is 0 Å². The lowest BCUT2D eigenvalue weighted by Gasteiger charge is -2.29. The second kappa shape index (κ2) is 13.3. The van der Waals surface area contributed by atoms with Crippen molar-refractivity contribution in [3.8, 4) is 11.1 Å². The molecule has 0 saturated heterocycles. The number of benzene rings is 2. The summed E-state index contributed by atoms with van der Waals surface area (Å²) in [4.78, 5) is 11.6. The van der Waals surface area contributed by atoms with E-state index in [9.17, 15) is 4.79 Å². The summed E-state index contributed by atoms with van der Waals surface area (Å²) < 4.78 is 5.18. The fourth-order valence-corrected chi connectivity index (χ4v) is 4.91. The zero-order valence-corrected chi connectivity index (χ0v) is 20.4. The average molecular weight is 448 g/mol. The van der Waals surface area contributed by atoms with Gasteiger partial charge in [-0.15, -0.1) is 0 Å². The summed E-state index contributed by atoms with van der Waals surface area (Å²) in [6.45, 7) is 6.42. The van der Waals surface area contributed by atoms with E-state index >= 15 is 0 Å². The molecule has 1 saturated carbocycles. The maximum absolute atomic E-state index is 11.6. The summed E-state index contributed by atoms with van der Waals surface area (Å²) >= 11 is 0. The van der Waals surface area contributed by atoms with Gasteiger partial charge in [0.1, 0.15) is 0 Å². The molecule has 2 N–H and O–H groups in total. The van der Waals surface area contributed by atoms with E-state index in [4.69, 9.17) is 10.5 Å². The fraction of sp³-hybridized carbons (Fsp3) is 0.500. The van der Waals surface area contributed by atoms with Crippen LogP contribution in [0.15, 0.2) is 60.7 Å². The summed E-state index contributed by atoms with van der Waals surface area (Å²) in [7, 11) is 0. The summed E-state index contributed by atoms with van der Waals surface area (Å²) in [5.74, 6) is 1.30. The van der Waals surface area contributed by atoms with E-state index in [2.05, 4.69) is 62.0 Å². The van der Waals surface area contributed by atoms with Gasteiger partial charge in [0.15, 0.2) is 0 Å². The van der Waals surface area contributed by atoms with E-state index in [1.54, 1.807) is 0 Å². The number of hydrogen-bond donors (Lipinski definition) is 1. The van der Waals surface area contributed by atoms with Gasteiger partial charge in [-0.25, -0.2) is 4.79 Å².